The zero-order valence-corrected chi connectivity index (χ0v) is 8.03. The number of carboxylic acids is 1. The van der Waals surface area contributed by atoms with E-state index in [1.807, 2.05) is 6.07 Å². The van der Waals surface area contributed by atoms with Crippen LogP contribution in [-0.2, 0) is 11.2 Å². The summed E-state index contributed by atoms with van der Waals surface area (Å²) in [5.41, 5.74) is 7.53. The molecule has 0 bridgehead atoms. The number of nitriles is 1. The van der Waals surface area contributed by atoms with Gasteiger partial charge in [0, 0.05) is 11.4 Å². The molecule has 0 fully saturated rings. The molecule has 0 aliphatic rings. The molecule has 15 heavy (non-hydrogen) atoms. The van der Waals surface area contributed by atoms with Crippen LogP contribution in [0.4, 0.5) is 11.4 Å². The van der Waals surface area contributed by atoms with E-state index < -0.39 is 5.97 Å². The number of anilines is 2. The summed E-state index contributed by atoms with van der Waals surface area (Å²) in [5.74, 6) is -0.936. The predicted molar refractivity (Wildman–Crippen MR) is 56.3 cm³/mol. The number of nitrogen functional groups attached to an aromatic ring is 1. The average Bonchev–Trinajstić information content (AvgIpc) is 2.19. The van der Waals surface area contributed by atoms with Crippen molar-refractivity contribution in [2.75, 3.05) is 17.6 Å². The number of hydrogen-bond acceptors (Lipinski definition) is 4. The van der Waals surface area contributed by atoms with Crippen molar-refractivity contribution >= 4 is 17.3 Å². The maximum atomic E-state index is 10.3. The lowest BCUT2D eigenvalue weighted by atomic mass is 10.1. The number of nitrogens with one attached hydrogen (secondary N) is 1. The van der Waals surface area contributed by atoms with Crippen molar-refractivity contribution in [2.24, 2.45) is 0 Å². The second kappa shape index (κ2) is 4.86. The highest BCUT2D eigenvalue weighted by Crippen LogP contribution is 2.17. The summed E-state index contributed by atoms with van der Waals surface area (Å²) in [5, 5.41) is 19.7. The molecule has 4 N–H and O–H groups in total. The summed E-state index contributed by atoms with van der Waals surface area (Å²) < 4.78 is 0. The first-order valence-electron chi connectivity index (χ1n) is 4.34. The molecule has 0 spiro atoms. The van der Waals surface area contributed by atoms with Crippen LogP contribution >= 0.6 is 0 Å². The molecule has 5 heteroatoms. The van der Waals surface area contributed by atoms with Gasteiger partial charge in [-0.15, -0.1) is 0 Å². The zero-order valence-electron chi connectivity index (χ0n) is 8.03. The van der Waals surface area contributed by atoms with Crippen LogP contribution in [0.2, 0.25) is 0 Å². The van der Waals surface area contributed by atoms with Crippen LogP contribution in [0, 0.1) is 11.3 Å². The lowest BCUT2D eigenvalue weighted by Gasteiger charge is -2.07. The summed E-state index contributed by atoms with van der Waals surface area (Å²) in [6.45, 7) is -0.157. The van der Waals surface area contributed by atoms with Gasteiger partial charge in [0.25, 0.3) is 0 Å². The van der Waals surface area contributed by atoms with E-state index in [2.05, 4.69) is 5.32 Å². The van der Waals surface area contributed by atoms with Crippen molar-refractivity contribution in [1.82, 2.24) is 0 Å². The van der Waals surface area contributed by atoms with Crippen LogP contribution in [0.1, 0.15) is 5.56 Å². The number of aliphatic carboxylic acids is 1. The Balaban J connectivity index is 2.79. The van der Waals surface area contributed by atoms with Gasteiger partial charge in [0.1, 0.15) is 6.54 Å². The number of nitrogens with zero attached hydrogens (tertiary/aromatic N) is 1. The van der Waals surface area contributed by atoms with E-state index >= 15 is 0 Å². The molecule has 0 radical (unpaired) electrons. The molecular weight excluding hydrogens is 194 g/mol. The maximum absolute atomic E-state index is 10.3. The van der Waals surface area contributed by atoms with Gasteiger partial charge >= 0.3 is 5.97 Å². The molecule has 0 atom stereocenters. The second-order valence-corrected chi connectivity index (χ2v) is 3.00. The number of hydrogen-bond donors (Lipinski definition) is 3. The Morgan fingerprint density at radius 1 is 1.60 bits per heavy atom. The fourth-order valence-electron chi connectivity index (χ4n) is 1.13. The number of rotatable bonds is 4. The van der Waals surface area contributed by atoms with E-state index in [1.54, 1.807) is 18.2 Å². The highest BCUT2D eigenvalue weighted by molar-refractivity contribution is 5.73. The molecule has 0 unspecified atom stereocenters. The lowest BCUT2D eigenvalue weighted by Crippen LogP contribution is -2.12. The Labute approximate surface area is 87.1 Å². The molecule has 0 saturated carbocycles. The average molecular weight is 205 g/mol. The first kappa shape index (κ1) is 10.9. The van der Waals surface area contributed by atoms with Crippen LogP contribution in [0.5, 0.6) is 0 Å². The molecule has 1 rings (SSSR count). The molecule has 0 aromatic heterocycles. The highest BCUT2D eigenvalue weighted by Gasteiger charge is 2.02. The number of nitrogens with two attached hydrogens (primary N) is 1. The van der Waals surface area contributed by atoms with Gasteiger partial charge in [0.05, 0.1) is 12.5 Å². The molecule has 78 valence electrons. The van der Waals surface area contributed by atoms with E-state index in [4.69, 9.17) is 16.1 Å². The van der Waals surface area contributed by atoms with Crippen LogP contribution < -0.4 is 11.1 Å². The van der Waals surface area contributed by atoms with Crippen LogP contribution in [0.15, 0.2) is 18.2 Å². The van der Waals surface area contributed by atoms with Crippen molar-refractivity contribution in [1.29, 1.82) is 5.26 Å². The quantitative estimate of drug-likeness (QED) is 0.632. The van der Waals surface area contributed by atoms with Gasteiger partial charge in [-0.3, -0.25) is 4.79 Å². The molecule has 5 nitrogen and oxygen atoms in total. The normalized spacial score (nSPS) is 9.27. The third-order valence-electron chi connectivity index (χ3n) is 1.86. The lowest BCUT2D eigenvalue weighted by molar-refractivity contribution is -0.134. The second-order valence-electron chi connectivity index (χ2n) is 3.00. The van der Waals surface area contributed by atoms with E-state index in [1.165, 1.54) is 0 Å². The number of carbonyl (C=O) groups is 1. The Morgan fingerprint density at radius 2 is 2.33 bits per heavy atom. The van der Waals surface area contributed by atoms with Crippen LogP contribution in [0.3, 0.4) is 0 Å². The zero-order chi connectivity index (χ0) is 11.3. The van der Waals surface area contributed by atoms with Crippen LogP contribution in [0.25, 0.3) is 0 Å². The minimum Gasteiger partial charge on any atom is -0.480 e. The summed E-state index contributed by atoms with van der Waals surface area (Å²) >= 11 is 0. The summed E-state index contributed by atoms with van der Waals surface area (Å²) in [7, 11) is 0. The molecule has 0 aliphatic carbocycles. The molecular formula is C10H11N3O2. The summed E-state index contributed by atoms with van der Waals surface area (Å²) in [6, 6.07) is 7.00. The van der Waals surface area contributed by atoms with Gasteiger partial charge in [-0.1, -0.05) is 0 Å². The largest absolute Gasteiger partial charge is 0.480 e. The molecule has 1 aromatic carbocycles. The van der Waals surface area contributed by atoms with Crippen LogP contribution in [-0.4, -0.2) is 17.6 Å². The first-order valence-corrected chi connectivity index (χ1v) is 4.34. The predicted octanol–water partition coefficient (Wildman–Crippen LogP) is 0.831. The van der Waals surface area contributed by atoms with E-state index in [-0.39, 0.29) is 13.0 Å². The minimum atomic E-state index is -0.936. The van der Waals surface area contributed by atoms with Gasteiger partial charge in [0.15, 0.2) is 0 Å². The Bertz CT molecular complexity index is 410. The van der Waals surface area contributed by atoms with E-state index in [0.29, 0.717) is 16.9 Å². The van der Waals surface area contributed by atoms with Gasteiger partial charge in [-0.2, -0.15) is 5.26 Å². The number of benzene rings is 1. The summed E-state index contributed by atoms with van der Waals surface area (Å²) in [4.78, 5) is 10.3. The molecule has 0 amide bonds. The Hall–Kier alpha value is -2.22. The van der Waals surface area contributed by atoms with Crippen molar-refractivity contribution in [3.8, 4) is 6.07 Å². The highest BCUT2D eigenvalue weighted by atomic mass is 16.4. The Morgan fingerprint density at radius 3 is 2.93 bits per heavy atom. The Kier molecular flexibility index (Phi) is 3.52. The molecule has 0 saturated heterocycles. The first-order chi connectivity index (χ1) is 7.13. The standard InChI is InChI=1S/C10H11N3O2/c11-4-3-7-5-8(1-2-9(7)12)13-6-10(14)15/h1-2,5,13H,3,6,12H2,(H,14,15). The van der Waals surface area contributed by atoms with Crippen molar-refractivity contribution < 1.29 is 9.90 Å². The molecule has 1 aromatic rings. The van der Waals surface area contributed by atoms with Crippen molar-refractivity contribution in [2.45, 2.75) is 6.42 Å². The third kappa shape index (κ3) is 3.19. The van der Waals surface area contributed by atoms with E-state index in [9.17, 15) is 4.79 Å². The summed E-state index contributed by atoms with van der Waals surface area (Å²) in [6.07, 6.45) is 0.217. The minimum absolute atomic E-state index is 0.157. The SMILES string of the molecule is N#CCc1cc(NCC(=O)O)ccc1N. The number of carboxylic acid groups (broad SMARTS) is 1. The van der Waals surface area contributed by atoms with E-state index in [0.717, 1.165) is 0 Å². The topological polar surface area (TPSA) is 99.1 Å². The van der Waals surface area contributed by atoms with Gasteiger partial charge < -0.3 is 16.2 Å². The van der Waals surface area contributed by atoms with Gasteiger partial charge in [0.2, 0.25) is 0 Å². The smallest absolute Gasteiger partial charge is 0.322 e. The van der Waals surface area contributed by atoms with Gasteiger partial charge in [-0.25, -0.2) is 0 Å². The maximum Gasteiger partial charge on any atom is 0.322 e. The molecule has 0 aliphatic heterocycles. The third-order valence-corrected chi connectivity index (χ3v) is 1.86. The fraction of sp³-hybridized carbons (Fsp3) is 0.200. The van der Waals surface area contributed by atoms with Crippen molar-refractivity contribution in [3.05, 3.63) is 23.8 Å². The van der Waals surface area contributed by atoms with Crippen molar-refractivity contribution in [3.63, 3.8) is 0 Å². The monoisotopic (exact) mass is 205 g/mol. The fourth-order valence-corrected chi connectivity index (χ4v) is 1.13. The van der Waals surface area contributed by atoms with Gasteiger partial charge in [-0.05, 0) is 23.8 Å². The molecule has 0 heterocycles.